The van der Waals surface area contributed by atoms with Crippen molar-refractivity contribution in [1.82, 2.24) is 19.9 Å². The van der Waals surface area contributed by atoms with Crippen LogP contribution in [0, 0.1) is 0 Å². The van der Waals surface area contributed by atoms with Gasteiger partial charge in [0.1, 0.15) is 11.0 Å². The molecule has 0 radical (unpaired) electrons. The lowest BCUT2D eigenvalue weighted by atomic mass is 10.0. The van der Waals surface area contributed by atoms with Gasteiger partial charge in [0.05, 0.1) is 30.0 Å². The molecule has 0 saturated carbocycles. The van der Waals surface area contributed by atoms with Crippen molar-refractivity contribution < 1.29 is 9.90 Å². The highest BCUT2D eigenvalue weighted by atomic mass is 32.1. The minimum absolute atomic E-state index is 0.422. The lowest BCUT2D eigenvalue weighted by Gasteiger charge is -2.31. The van der Waals surface area contributed by atoms with Crippen molar-refractivity contribution in [2.45, 2.75) is 25.6 Å². The molecule has 7 heteroatoms. The van der Waals surface area contributed by atoms with E-state index in [0.717, 1.165) is 27.7 Å². The first-order valence-electron chi connectivity index (χ1n) is 7.68. The van der Waals surface area contributed by atoms with Gasteiger partial charge in [-0.1, -0.05) is 30.3 Å². The van der Waals surface area contributed by atoms with E-state index >= 15 is 0 Å². The second-order valence-corrected chi connectivity index (χ2v) is 6.73. The van der Waals surface area contributed by atoms with Gasteiger partial charge in [0.2, 0.25) is 0 Å². The van der Waals surface area contributed by atoms with E-state index in [2.05, 4.69) is 15.0 Å². The second-order valence-electron chi connectivity index (χ2n) is 5.78. The Labute approximate surface area is 142 Å². The van der Waals surface area contributed by atoms with Gasteiger partial charge in [-0.05, 0) is 0 Å². The molecule has 24 heavy (non-hydrogen) atoms. The Morgan fingerprint density at radius 1 is 1.38 bits per heavy atom. The van der Waals surface area contributed by atoms with E-state index in [0.29, 0.717) is 19.5 Å². The number of aliphatic carboxylic acids is 1. The molecule has 3 heterocycles. The van der Waals surface area contributed by atoms with Crippen LogP contribution in [0.1, 0.15) is 16.4 Å². The number of fused-ring (bicyclic) bond motifs is 1. The van der Waals surface area contributed by atoms with Gasteiger partial charge in [-0.25, -0.2) is 9.97 Å². The minimum atomic E-state index is -0.816. The summed E-state index contributed by atoms with van der Waals surface area (Å²) < 4.78 is 0. The number of nitrogens with one attached hydrogen (secondary N) is 1. The fourth-order valence-electron chi connectivity index (χ4n) is 3.00. The second kappa shape index (κ2) is 6.18. The molecular formula is C17H16N4O2S. The maximum atomic E-state index is 11.6. The molecule has 0 fully saturated rings. The van der Waals surface area contributed by atoms with Crippen molar-refractivity contribution in [2.24, 2.45) is 0 Å². The maximum absolute atomic E-state index is 11.6. The van der Waals surface area contributed by atoms with Crippen LogP contribution in [0.5, 0.6) is 0 Å². The summed E-state index contributed by atoms with van der Waals surface area (Å²) in [4.78, 5) is 25.5. The molecule has 1 aromatic carbocycles. The van der Waals surface area contributed by atoms with Gasteiger partial charge in [0, 0.05) is 23.9 Å². The van der Waals surface area contributed by atoms with Crippen molar-refractivity contribution in [1.29, 1.82) is 0 Å². The van der Waals surface area contributed by atoms with Crippen molar-refractivity contribution in [3.63, 3.8) is 0 Å². The molecule has 1 atom stereocenters. The molecule has 0 bridgehead atoms. The average molecular weight is 340 g/mol. The predicted octanol–water partition coefficient (Wildman–Crippen LogP) is 2.54. The van der Waals surface area contributed by atoms with E-state index in [1.807, 2.05) is 40.6 Å². The molecule has 1 aliphatic rings. The van der Waals surface area contributed by atoms with E-state index in [1.165, 1.54) is 0 Å². The van der Waals surface area contributed by atoms with Gasteiger partial charge < -0.3 is 10.1 Å². The molecule has 0 aliphatic carbocycles. The van der Waals surface area contributed by atoms with Crippen molar-refractivity contribution >= 4 is 17.3 Å². The Hall–Kier alpha value is -2.51. The van der Waals surface area contributed by atoms with Crippen molar-refractivity contribution in [3.8, 4) is 11.3 Å². The summed E-state index contributed by atoms with van der Waals surface area (Å²) in [7, 11) is 0. The number of aromatic nitrogens is 3. The number of hydrogen-bond acceptors (Lipinski definition) is 5. The summed E-state index contributed by atoms with van der Waals surface area (Å²) in [6.45, 7) is 1.07. The van der Waals surface area contributed by atoms with E-state index < -0.39 is 12.0 Å². The molecule has 6 nitrogen and oxygen atoms in total. The largest absolute Gasteiger partial charge is 0.480 e. The molecule has 1 aliphatic heterocycles. The summed E-state index contributed by atoms with van der Waals surface area (Å²) >= 11 is 1.56. The van der Waals surface area contributed by atoms with Gasteiger partial charge >= 0.3 is 5.97 Å². The molecular weight excluding hydrogens is 324 g/mol. The third kappa shape index (κ3) is 2.83. The van der Waals surface area contributed by atoms with Gasteiger partial charge in [0.25, 0.3) is 0 Å². The maximum Gasteiger partial charge on any atom is 0.321 e. The molecule has 2 aromatic heterocycles. The number of rotatable bonds is 4. The molecule has 2 N–H and O–H groups in total. The van der Waals surface area contributed by atoms with Crippen LogP contribution in [0.4, 0.5) is 0 Å². The molecule has 0 unspecified atom stereocenters. The summed E-state index contributed by atoms with van der Waals surface area (Å²) in [6.07, 6.45) is 2.05. The fourth-order valence-corrected chi connectivity index (χ4v) is 3.82. The van der Waals surface area contributed by atoms with E-state index in [4.69, 9.17) is 0 Å². The lowest BCUT2D eigenvalue weighted by Crippen LogP contribution is -2.45. The Morgan fingerprint density at radius 3 is 3.00 bits per heavy atom. The number of H-pyrrole nitrogens is 1. The number of benzene rings is 1. The number of carboxylic acids is 1. The number of hydrogen-bond donors (Lipinski definition) is 2. The van der Waals surface area contributed by atoms with E-state index in [1.54, 1.807) is 17.7 Å². The Morgan fingerprint density at radius 2 is 2.21 bits per heavy atom. The lowest BCUT2D eigenvalue weighted by molar-refractivity contribution is -0.144. The predicted molar refractivity (Wildman–Crippen MR) is 90.5 cm³/mol. The molecule has 122 valence electrons. The van der Waals surface area contributed by atoms with Gasteiger partial charge in [-0.15, -0.1) is 11.3 Å². The van der Waals surface area contributed by atoms with Gasteiger partial charge in [-0.3, -0.25) is 9.69 Å². The topological polar surface area (TPSA) is 82.1 Å². The fraction of sp³-hybridized carbons (Fsp3) is 0.235. The summed E-state index contributed by atoms with van der Waals surface area (Å²) in [6, 6.07) is 9.43. The monoisotopic (exact) mass is 340 g/mol. The summed E-state index contributed by atoms with van der Waals surface area (Å²) in [5.41, 5.74) is 3.85. The smallest absolute Gasteiger partial charge is 0.321 e. The van der Waals surface area contributed by atoms with Crippen LogP contribution in [0.3, 0.4) is 0 Å². The Balaban J connectivity index is 1.56. The highest BCUT2D eigenvalue weighted by molar-refractivity contribution is 7.09. The highest BCUT2D eigenvalue weighted by Crippen LogP contribution is 2.26. The van der Waals surface area contributed by atoms with Crippen molar-refractivity contribution in [3.05, 3.63) is 58.4 Å². The van der Waals surface area contributed by atoms with Gasteiger partial charge in [-0.2, -0.15) is 0 Å². The zero-order valence-electron chi connectivity index (χ0n) is 12.8. The van der Waals surface area contributed by atoms with Crippen LogP contribution in [-0.4, -0.2) is 37.0 Å². The first-order valence-corrected chi connectivity index (χ1v) is 8.56. The van der Waals surface area contributed by atoms with Crippen LogP contribution < -0.4 is 0 Å². The molecule has 4 rings (SSSR count). The Kier molecular flexibility index (Phi) is 3.87. The number of nitrogens with zero attached hydrogens (tertiary/aromatic N) is 3. The number of aromatic amines is 1. The summed E-state index contributed by atoms with van der Waals surface area (Å²) in [5, 5.41) is 12.5. The number of thiazole rings is 1. The zero-order valence-corrected chi connectivity index (χ0v) is 13.7. The summed E-state index contributed by atoms with van der Waals surface area (Å²) in [5.74, 6) is -0.816. The van der Waals surface area contributed by atoms with E-state index in [-0.39, 0.29) is 0 Å². The molecule has 0 saturated heterocycles. The average Bonchev–Trinajstić information content (AvgIpc) is 3.23. The van der Waals surface area contributed by atoms with E-state index in [9.17, 15) is 9.90 Å². The van der Waals surface area contributed by atoms with Crippen LogP contribution in [0.15, 0.2) is 42.0 Å². The standard InChI is InChI=1S/C17H16N4O2S/c22-17(23)15-6-12-13(19-10-18-12)7-21(15)8-16-20-14(9-24-16)11-4-2-1-3-5-11/h1-5,9-10,15H,6-8H2,(H,18,19)(H,22,23)/t15-/m1/s1. The SMILES string of the molecule is O=C(O)[C@H]1Cc2nc[nH]c2CN1Cc1nc(-c2ccccc2)cs1. The van der Waals surface area contributed by atoms with Crippen LogP contribution in [0.25, 0.3) is 11.3 Å². The third-order valence-corrected chi connectivity index (χ3v) is 5.07. The number of imidazole rings is 1. The van der Waals surface area contributed by atoms with Crippen LogP contribution in [-0.2, 0) is 24.3 Å². The van der Waals surface area contributed by atoms with Crippen LogP contribution >= 0.6 is 11.3 Å². The normalized spacial score (nSPS) is 17.6. The zero-order chi connectivity index (χ0) is 16.5. The first-order chi connectivity index (χ1) is 11.7. The highest BCUT2D eigenvalue weighted by Gasteiger charge is 2.33. The first kappa shape index (κ1) is 15.0. The van der Waals surface area contributed by atoms with Crippen molar-refractivity contribution in [2.75, 3.05) is 0 Å². The van der Waals surface area contributed by atoms with Crippen LogP contribution in [0.2, 0.25) is 0 Å². The molecule has 3 aromatic rings. The van der Waals surface area contributed by atoms with Gasteiger partial charge in [0.15, 0.2) is 0 Å². The quantitative estimate of drug-likeness (QED) is 0.763. The number of carboxylic acid groups (broad SMARTS) is 1. The molecule has 0 spiro atoms. The number of carbonyl (C=O) groups is 1. The Bertz CT molecular complexity index is 858. The minimum Gasteiger partial charge on any atom is -0.480 e. The third-order valence-electron chi connectivity index (χ3n) is 4.24. The molecule has 0 amide bonds.